The molecule has 0 heterocycles. The van der Waals surface area contributed by atoms with Crippen LogP contribution in [0.1, 0.15) is 57.4 Å². The summed E-state index contributed by atoms with van der Waals surface area (Å²) in [5, 5.41) is 8.14. The third-order valence-corrected chi connectivity index (χ3v) is 4.57. The molecule has 0 aromatic heterocycles. The molecule has 2 amide bonds. The number of hydrogen-bond donors (Lipinski definition) is 3. The lowest BCUT2D eigenvalue weighted by molar-refractivity contribution is -0.137. The first-order valence-electron chi connectivity index (χ1n) is 9.28. The first-order chi connectivity index (χ1) is 12.8. The van der Waals surface area contributed by atoms with Crippen molar-refractivity contribution in [2.24, 2.45) is 0 Å². The maximum atomic E-state index is 12.9. The molecule has 1 aromatic carbocycles. The largest absolute Gasteiger partial charge is 0.416 e. The van der Waals surface area contributed by atoms with Gasteiger partial charge in [0.15, 0.2) is 0 Å². The predicted molar refractivity (Wildman–Crippen MR) is 98.5 cm³/mol. The van der Waals surface area contributed by atoms with Crippen molar-refractivity contribution in [1.82, 2.24) is 5.32 Å². The zero-order valence-corrected chi connectivity index (χ0v) is 15.4. The molecule has 27 heavy (non-hydrogen) atoms. The van der Waals surface area contributed by atoms with E-state index in [0.29, 0.717) is 0 Å². The first kappa shape index (κ1) is 21.1. The molecule has 0 saturated heterocycles. The Kier molecular flexibility index (Phi) is 7.50. The molecule has 3 N–H and O–H groups in total. The van der Waals surface area contributed by atoms with E-state index in [2.05, 4.69) is 16.0 Å². The van der Waals surface area contributed by atoms with Gasteiger partial charge in [0.1, 0.15) is 0 Å². The fourth-order valence-corrected chi connectivity index (χ4v) is 3.22. The Morgan fingerprint density at radius 2 is 1.67 bits per heavy atom. The monoisotopic (exact) mass is 385 g/mol. The van der Waals surface area contributed by atoms with Crippen LogP contribution in [-0.2, 0) is 15.8 Å². The minimum Gasteiger partial charge on any atom is -0.374 e. The first-order valence-corrected chi connectivity index (χ1v) is 9.28. The molecule has 2 rings (SSSR count). The zero-order chi connectivity index (χ0) is 19.9. The van der Waals surface area contributed by atoms with E-state index in [4.69, 9.17) is 0 Å². The van der Waals surface area contributed by atoms with E-state index in [9.17, 15) is 22.8 Å². The van der Waals surface area contributed by atoms with E-state index in [1.807, 2.05) is 0 Å². The molecule has 0 aliphatic heterocycles. The third kappa shape index (κ3) is 7.11. The van der Waals surface area contributed by atoms with Gasteiger partial charge in [-0.25, -0.2) is 0 Å². The highest BCUT2D eigenvalue weighted by molar-refractivity contribution is 5.93. The van der Waals surface area contributed by atoms with Crippen LogP contribution in [0.15, 0.2) is 18.2 Å². The lowest BCUT2D eigenvalue weighted by Crippen LogP contribution is -2.38. The number of carbonyl (C=O) groups is 2. The molecule has 1 aromatic rings. The van der Waals surface area contributed by atoms with Crippen LogP contribution in [0.25, 0.3) is 0 Å². The summed E-state index contributed by atoms with van der Waals surface area (Å²) in [5.41, 5.74) is -0.582. The van der Waals surface area contributed by atoms with Crippen LogP contribution < -0.4 is 16.0 Å². The quantitative estimate of drug-likeness (QED) is 0.708. The van der Waals surface area contributed by atoms with Crippen LogP contribution in [0.3, 0.4) is 0 Å². The summed E-state index contributed by atoms with van der Waals surface area (Å²) in [6.07, 6.45) is 3.02. The van der Waals surface area contributed by atoms with Crippen molar-refractivity contribution in [2.75, 3.05) is 17.2 Å². The number of alkyl halides is 3. The van der Waals surface area contributed by atoms with Gasteiger partial charge in [-0.05, 0) is 31.0 Å². The van der Waals surface area contributed by atoms with Gasteiger partial charge in [0.25, 0.3) is 0 Å². The van der Waals surface area contributed by atoms with E-state index in [1.165, 1.54) is 19.4 Å². The van der Waals surface area contributed by atoms with E-state index in [0.717, 1.165) is 50.7 Å². The maximum Gasteiger partial charge on any atom is 0.416 e. The smallest absolute Gasteiger partial charge is 0.374 e. The molecule has 1 saturated carbocycles. The number of carbonyl (C=O) groups excluding carboxylic acids is 2. The topological polar surface area (TPSA) is 70.2 Å². The second-order valence-electron chi connectivity index (χ2n) is 6.90. The molecular formula is C19H26F3N3O2. The van der Waals surface area contributed by atoms with Gasteiger partial charge in [0, 0.05) is 13.0 Å². The predicted octanol–water partition coefficient (Wildman–Crippen LogP) is 4.30. The molecule has 150 valence electrons. The Morgan fingerprint density at radius 3 is 2.26 bits per heavy atom. The number of halogens is 3. The van der Waals surface area contributed by atoms with Crippen LogP contribution in [-0.4, -0.2) is 24.4 Å². The van der Waals surface area contributed by atoms with E-state index in [-0.39, 0.29) is 29.9 Å². The second kappa shape index (κ2) is 9.62. The van der Waals surface area contributed by atoms with Crippen molar-refractivity contribution < 1.29 is 22.8 Å². The summed E-state index contributed by atoms with van der Waals surface area (Å²) in [6.45, 7) is 1.10. The fourth-order valence-electron chi connectivity index (χ4n) is 3.22. The maximum absolute atomic E-state index is 12.9. The van der Waals surface area contributed by atoms with Gasteiger partial charge < -0.3 is 16.0 Å². The van der Waals surface area contributed by atoms with Gasteiger partial charge in [-0.3, -0.25) is 9.59 Å². The number of amides is 2. The Hall–Kier alpha value is -2.25. The molecule has 0 spiro atoms. The summed E-state index contributed by atoms with van der Waals surface area (Å²) in [6, 6.07) is 3.08. The van der Waals surface area contributed by atoms with Crippen molar-refractivity contribution in [1.29, 1.82) is 0 Å². The highest BCUT2D eigenvalue weighted by Gasteiger charge is 2.31. The van der Waals surface area contributed by atoms with Crippen LogP contribution >= 0.6 is 0 Å². The van der Waals surface area contributed by atoms with Crippen LogP contribution in [0, 0.1) is 0 Å². The van der Waals surface area contributed by atoms with Gasteiger partial charge in [-0.1, -0.05) is 32.1 Å². The average molecular weight is 385 g/mol. The lowest BCUT2D eigenvalue weighted by atomic mass is 9.97. The highest BCUT2D eigenvalue weighted by atomic mass is 19.4. The van der Waals surface area contributed by atoms with Gasteiger partial charge in [0.05, 0.1) is 23.5 Å². The van der Waals surface area contributed by atoms with Gasteiger partial charge >= 0.3 is 6.18 Å². The Morgan fingerprint density at radius 1 is 1.04 bits per heavy atom. The molecule has 8 heteroatoms. The Labute approximate surface area is 157 Å². The summed E-state index contributed by atoms with van der Waals surface area (Å²) in [7, 11) is 0. The van der Waals surface area contributed by atoms with Crippen molar-refractivity contribution in [3.05, 3.63) is 23.8 Å². The second-order valence-corrected chi connectivity index (χ2v) is 6.90. The van der Waals surface area contributed by atoms with E-state index < -0.39 is 17.6 Å². The number of anilines is 2. The molecule has 0 unspecified atom stereocenters. The molecular weight excluding hydrogens is 359 g/mol. The molecule has 5 nitrogen and oxygen atoms in total. The van der Waals surface area contributed by atoms with Crippen molar-refractivity contribution >= 4 is 23.2 Å². The summed E-state index contributed by atoms with van der Waals surface area (Å²) in [4.78, 5) is 23.5. The van der Waals surface area contributed by atoms with E-state index in [1.54, 1.807) is 0 Å². The van der Waals surface area contributed by atoms with Crippen molar-refractivity contribution in [3.8, 4) is 0 Å². The number of hydrogen-bond acceptors (Lipinski definition) is 3. The molecule has 1 fully saturated rings. The number of nitrogens with one attached hydrogen (secondary N) is 3. The van der Waals surface area contributed by atoms with Crippen LogP contribution in [0.5, 0.6) is 0 Å². The molecule has 0 bridgehead atoms. The fraction of sp³-hybridized carbons (Fsp3) is 0.579. The molecule has 0 atom stereocenters. The third-order valence-electron chi connectivity index (χ3n) is 4.57. The Bertz CT molecular complexity index is 654. The molecule has 1 aliphatic rings. The SMILES string of the molecule is CC(=O)Nc1ccc(C(F)(F)F)cc1NCC(=O)NC1CCCCCCC1. The van der Waals surface area contributed by atoms with Crippen LogP contribution in [0.2, 0.25) is 0 Å². The van der Waals surface area contributed by atoms with Crippen molar-refractivity contribution in [3.63, 3.8) is 0 Å². The normalized spacial score (nSPS) is 16.1. The van der Waals surface area contributed by atoms with Crippen molar-refractivity contribution in [2.45, 2.75) is 64.1 Å². The number of rotatable bonds is 5. The average Bonchev–Trinajstić information content (AvgIpc) is 2.54. The minimum absolute atomic E-state index is 0.0628. The lowest BCUT2D eigenvalue weighted by Gasteiger charge is -2.21. The van der Waals surface area contributed by atoms with Gasteiger partial charge in [0.2, 0.25) is 11.8 Å². The minimum atomic E-state index is -4.51. The number of benzene rings is 1. The van der Waals surface area contributed by atoms with Gasteiger partial charge in [-0.2, -0.15) is 13.2 Å². The van der Waals surface area contributed by atoms with Gasteiger partial charge in [-0.15, -0.1) is 0 Å². The summed E-state index contributed by atoms with van der Waals surface area (Å²) in [5.74, 6) is -0.677. The highest BCUT2D eigenvalue weighted by Crippen LogP contribution is 2.34. The summed E-state index contributed by atoms with van der Waals surface area (Å²) < 4.78 is 38.8. The van der Waals surface area contributed by atoms with Crippen LogP contribution in [0.4, 0.5) is 24.5 Å². The Balaban J connectivity index is 2.01. The standard InChI is InChI=1S/C19H26F3N3O2/c1-13(26)24-16-10-9-14(19(20,21)22)11-17(16)23-12-18(27)25-15-7-5-3-2-4-6-8-15/h9-11,15,23H,2-8,12H2,1H3,(H,24,26)(H,25,27). The van der Waals surface area contributed by atoms with E-state index >= 15 is 0 Å². The molecule has 1 aliphatic carbocycles. The zero-order valence-electron chi connectivity index (χ0n) is 15.4. The molecule has 0 radical (unpaired) electrons. The summed E-state index contributed by atoms with van der Waals surface area (Å²) >= 11 is 0.